The minimum Gasteiger partial charge on any atom is -0.449 e. The standard InChI is InChI=1S/C9H10BrN3O3S/c1-2-16-8(14)13-17-9(15)12-7-6(10)4-3-5-11-7/h3-5H,2H2,1H3,(H,13,14)(H,11,12,15). The molecule has 1 aromatic heterocycles. The number of halogens is 1. The zero-order valence-corrected chi connectivity index (χ0v) is 11.3. The van der Waals surface area contributed by atoms with Crippen LogP contribution in [0, 0.1) is 0 Å². The number of hydrogen-bond donors (Lipinski definition) is 2. The van der Waals surface area contributed by atoms with Crippen LogP contribution in [0.5, 0.6) is 0 Å². The molecule has 0 aromatic carbocycles. The van der Waals surface area contributed by atoms with Gasteiger partial charge in [-0.1, -0.05) is 0 Å². The molecule has 8 heteroatoms. The van der Waals surface area contributed by atoms with Crippen LogP contribution < -0.4 is 10.0 Å². The topological polar surface area (TPSA) is 80.3 Å². The normalized spacial score (nSPS) is 9.53. The van der Waals surface area contributed by atoms with Crippen LogP contribution in [0.15, 0.2) is 22.8 Å². The van der Waals surface area contributed by atoms with Gasteiger partial charge < -0.3 is 4.74 Å². The average molecular weight is 320 g/mol. The number of carbonyl (C=O) groups excluding carboxylic acids is 2. The molecule has 1 heterocycles. The molecule has 0 bridgehead atoms. The highest BCUT2D eigenvalue weighted by Crippen LogP contribution is 2.19. The van der Waals surface area contributed by atoms with E-state index in [0.717, 1.165) is 0 Å². The van der Waals surface area contributed by atoms with E-state index in [-0.39, 0.29) is 6.61 Å². The van der Waals surface area contributed by atoms with E-state index in [1.807, 2.05) is 0 Å². The number of ether oxygens (including phenoxy) is 1. The molecule has 0 aliphatic heterocycles. The number of nitrogens with one attached hydrogen (secondary N) is 2. The van der Waals surface area contributed by atoms with E-state index >= 15 is 0 Å². The van der Waals surface area contributed by atoms with E-state index in [0.29, 0.717) is 22.2 Å². The zero-order chi connectivity index (χ0) is 12.7. The first kappa shape index (κ1) is 13.8. The molecular weight excluding hydrogens is 310 g/mol. The number of pyridine rings is 1. The lowest BCUT2D eigenvalue weighted by atomic mass is 10.5. The Balaban J connectivity index is 2.40. The third-order valence-corrected chi connectivity index (χ3v) is 2.68. The first-order valence-corrected chi connectivity index (χ1v) is 6.25. The Hall–Kier alpha value is -1.28. The van der Waals surface area contributed by atoms with Crippen molar-refractivity contribution in [3.8, 4) is 0 Å². The molecular formula is C9H10BrN3O3S. The highest BCUT2D eigenvalue weighted by Gasteiger charge is 2.09. The van der Waals surface area contributed by atoms with Crippen molar-refractivity contribution in [3.63, 3.8) is 0 Å². The van der Waals surface area contributed by atoms with Crippen LogP contribution in [0.1, 0.15) is 6.92 Å². The number of hydrogen-bond acceptors (Lipinski definition) is 5. The van der Waals surface area contributed by atoms with Gasteiger partial charge in [0.05, 0.1) is 23.0 Å². The maximum atomic E-state index is 11.4. The molecule has 0 unspecified atom stereocenters. The lowest BCUT2D eigenvalue weighted by Gasteiger charge is -2.06. The van der Waals surface area contributed by atoms with E-state index in [1.54, 1.807) is 25.3 Å². The van der Waals surface area contributed by atoms with E-state index in [4.69, 9.17) is 0 Å². The summed E-state index contributed by atoms with van der Waals surface area (Å²) >= 11 is 3.82. The molecule has 0 radical (unpaired) electrons. The largest absolute Gasteiger partial charge is 0.449 e. The van der Waals surface area contributed by atoms with Crippen molar-refractivity contribution in [1.82, 2.24) is 9.71 Å². The number of anilines is 1. The maximum absolute atomic E-state index is 11.4. The van der Waals surface area contributed by atoms with Crippen LogP contribution in [0.3, 0.4) is 0 Å². The second-order valence-electron chi connectivity index (χ2n) is 2.67. The fraction of sp³-hybridized carbons (Fsp3) is 0.222. The number of rotatable bonds is 2. The summed E-state index contributed by atoms with van der Waals surface area (Å²) in [7, 11) is 0. The van der Waals surface area contributed by atoms with Crippen molar-refractivity contribution in [2.24, 2.45) is 0 Å². The van der Waals surface area contributed by atoms with E-state index in [2.05, 4.69) is 35.7 Å². The third-order valence-electron chi connectivity index (χ3n) is 1.48. The molecule has 0 spiro atoms. The Kier molecular flexibility index (Phi) is 5.78. The summed E-state index contributed by atoms with van der Waals surface area (Å²) in [6, 6.07) is 3.47. The highest BCUT2D eigenvalue weighted by atomic mass is 79.9. The SMILES string of the molecule is CCOC(=O)NSC(=O)Nc1ncccc1Br. The van der Waals surface area contributed by atoms with Crippen LogP contribution in [-0.4, -0.2) is 22.9 Å². The smallest absolute Gasteiger partial charge is 0.417 e. The van der Waals surface area contributed by atoms with Crippen molar-refractivity contribution in [2.75, 3.05) is 11.9 Å². The summed E-state index contributed by atoms with van der Waals surface area (Å²) in [6.45, 7) is 1.93. The Morgan fingerprint density at radius 1 is 1.59 bits per heavy atom. The first-order valence-electron chi connectivity index (χ1n) is 4.64. The van der Waals surface area contributed by atoms with Crippen molar-refractivity contribution < 1.29 is 14.3 Å². The highest BCUT2D eigenvalue weighted by molar-refractivity contribution is 9.10. The number of amides is 2. The molecule has 2 amide bonds. The summed E-state index contributed by atoms with van der Waals surface area (Å²) in [5.41, 5.74) is 0. The fourth-order valence-corrected chi connectivity index (χ4v) is 1.59. The number of nitrogens with zero attached hydrogens (tertiary/aromatic N) is 1. The quantitative estimate of drug-likeness (QED) is 0.819. The van der Waals surface area contributed by atoms with Crippen LogP contribution in [0.25, 0.3) is 0 Å². The first-order chi connectivity index (χ1) is 8.13. The van der Waals surface area contributed by atoms with Gasteiger partial charge in [-0.25, -0.2) is 9.78 Å². The molecule has 17 heavy (non-hydrogen) atoms. The fourth-order valence-electron chi connectivity index (χ4n) is 0.848. The third kappa shape index (κ3) is 5.05. The van der Waals surface area contributed by atoms with Gasteiger partial charge in [0, 0.05) is 6.20 Å². The average Bonchev–Trinajstić information content (AvgIpc) is 2.30. The van der Waals surface area contributed by atoms with Crippen molar-refractivity contribution in [1.29, 1.82) is 0 Å². The van der Waals surface area contributed by atoms with Crippen LogP contribution in [0.4, 0.5) is 15.4 Å². The maximum Gasteiger partial charge on any atom is 0.417 e. The molecule has 0 fully saturated rings. The Labute approximate surface area is 111 Å². The van der Waals surface area contributed by atoms with E-state index in [9.17, 15) is 9.59 Å². The minimum atomic E-state index is -0.660. The molecule has 0 saturated carbocycles. The van der Waals surface area contributed by atoms with Gasteiger partial charge in [-0.05, 0) is 35.0 Å². The molecule has 1 rings (SSSR count). The predicted octanol–water partition coefficient (Wildman–Crippen LogP) is 2.77. The van der Waals surface area contributed by atoms with E-state index < -0.39 is 11.3 Å². The number of aromatic nitrogens is 1. The summed E-state index contributed by atoms with van der Waals surface area (Å²) in [5.74, 6) is 0.385. The summed E-state index contributed by atoms with van der Waals surface area (Å²) in [4.78, 5) is 26.2. The monoisotopic (exact) mass is 319 g/mol. The zero-order valence-electron chi connectivity index (χ0n) is 8.90. The van der Waals surface area contributed by atoms with Gasteiger partial charge in [-0.3, -0.25) is 14.8 Å². The summed E-state index contributed by atoms with van der Waals surface area (Å²) < 4.78 is 7.47. The van der Waals surface area contributed by atoms with Gasteiger partial charge in [0.2, 0.25) is 0 Å². The van der Waals surface area contributed by atoms with Gasteiger partial charge in [-0.2, -0.15) is 0 Å². The minimum absolute atomic E-state index is 0.250. The Morgan fingerprint density at radius 2 is 2.35 bits per heavy atom. The van der Waals surface area contributed by atoms with Crippen LogP contribution >= 0.6 is 27.9 Å². The Bertz CT molecular complexity index is 416. The van der Waals surface area contributed by atoms with Gasteiger partial charge >= 0.3 is 11.3 Å². The van der Waals surface area contributed by atoms with Gasteiger partial charge in [0.25, 0.3) is 0 Å². The molecule has 0 aliphatic rings. The predicted molar refractivity (Wildman–Crippen MR) is 68.7 cm³/mol. The van der Waals surface area contributed by atoms with Crippen molar-refractivity contribution in [2.45, 2.75) is 6.92 Å². The lowest BCUT2D eigenvalue weighted by molar-refractivity contribution is 0.159. The van der Waals surface area contributed by atoms with Gasteiger partial charge in [-0.15, -0.1) is 0 Å². The molecule has 92 valence electrons. The summed E-state index contributed by atoms with van der Waals surface area (Å²) in [6.07, 6.45) is 0.886. The second kappa shape index (κ2) is 7.13. The van der Waals surface area contributed by atoms with Crippen LogP contribution in [-0.2, 0) is 4.74 Å². The Morgan fingerprint density at radius 3 is 3.00 bits per heavy atom. The molecule has 6 nitrogen and oxygen atoms in total. The van der Waals surface area contributed by atoms with Crippen LogP contribution in [0.2, 0.25) is 0 Å². The van der Waals surface area contributed by atoms with Gasteiger partial charge in [0.1, 0.15) is 5.82 Å². The second-order valence-corrected chi connectivity index (χ2v) is 4.30. The van der Waals surface area contributed by atoms with E-state index in [1.165, 1.54) is 0 Å². The van der Waals surface area contributed by atoms with Crippen molar-refractivity contribution in [3.05, 3.63) is 22.8 Å². The molecule has 0 atom stereocenters. The molecule has 0 saturated heterocycles. The number of carbonyl (C=O) groups is 2. The van der Waals surface area contributed by atoms with Gasteiger partial charge in [0.15, 0.2) is 0 Å². The molecule has 2 N–H and O–H groups in total. The lowest BCUT2D eigenvalue weighted by Crippen LogP contribution is -2.21. The van der Waals surface area contributed by atoms with Crippen molar-refractivity contribution >= 4 is 45.0 Å². The summed E-state index contributed by atoms with van der Waals surface area (Å²) in [5, 5.41) is 2.04. The molecule has 0 aliphatic carbocycles. The molecule has 1 aromatic rings.